The molecule has 3 atom stereocenters. The number of ether oxygens (including phenoxy) is 5. The molecule has 1 amide bonds. The van der Waals surface area contributed by atoms with Gasteiger partial charge in [-0.2, -0.15) is 4.98 Å². The monoisotopic (exact) mass is 663 g/mol. The van der Waals surface area contributed by atoms with E-state index in [1.165, 1.54) is 16.8 Å². The molecule has 2 N–H and O–H groups in total. The number of nitrogens with one attached hydrogen (secondary N) is 1. The molecule has 1 aromatic heterocycles. The van der Waals surface area contributed by atoms with Gasteiger partial charge in [0.15, 0.2) is 0 Å². The zero-order chi connectivity index (χ0) is 34.4. The standard InChI is InChI=1S/C38H37N3O8/c1-45-29-15-9-25(10-16-29)36(43)39-34-21-22-41(37(44)40-34)35-23-32(42)33(49-35)24-48-38(26-7-5-4-6-8-26,27-11-17-30(46-2)18-12-27)28-13-19-31(47-3)20-14-28/h4-22,32-33,35,42H,23-24H2,1-3H3,(H,39,40,43,44)/t32-,33+,35+/m0/s1. The molecule has 11 nitrogen and oxygen atoms in total. The number of rotatable bonds is 12. The average molecular weight is 664 g/mol. The number of aromatic nitrogens is 2. The van der Waals surface area contributed by atoms with Crippen LogP contribution in [-0.4, -0.2) is 60.7 Å². The van der Waals surface area contributed by atoms with Gasteiger partial charge in [0.05, 0.1) is 34.0 Å². The van der Waals surface area contributed by atoms with Crippen molar-refractivity contribution in [3.05, 3.63) is 148 Å². The van der Waals surface area contributed by atoms with E-state index in [4.69, 9.17) is 23.7 Å². The lowest BCUT2D eigenvalue weighted by Crippen LogP contribution is -2.38. The Hall–Kier alpha value is -5.49. The number of amides is 1. The van der Waals surface area contributed by atoms with E-state index in [9.17, 15) is 14.7 Å². The van der Waals surface area contributed by atoms with Crippen molar-refractivity contribution in [1.29, 1.82) is 0 Å². The van der Waals surface area contributed by atoms with Gasteiger partial charge in [-0.1, -0.05) is 54.6 Å². The molecule has 0 aliphatic carbocycles. The summed E-state index contributed by atoms with van der Waals surface area (Å²) in [5.74, 6) is 1.68. The Morgan fingerprint density at radius 2 is 1.35 bits per heavy atom. The molecule has 11 heteroatoms. The van der Waals surface area contributed by atoms with Crippen molar-refractivity contribution < 1.29 is 33.6 Å². The van der Waals surface area contributed by atoms with Gasteiger partial charge in [-0.3, -0.25) is 9.36 Å². The molecule has 49 heavy (non-hydrogen) atoms. The second-order valence-electron chi connectivity index (χ2n) is 11.4. The number of anilines is 1. The lowest BCUT2D eigenvalue weighted by Gasteiger charge is -2.37. The van der Waals surface area contributed by atoms with Crippen molar-refractivity contribution in [2.45, 2.75) is 30.5 Å². The zero-order valence-corrected chi connectivity index (χ0v) is 27.3. The van der Waals surface area contributed by atoms with E-state index in [1.807, 2.05) is 78.9 Å². The van der Waals surface area contributed by atoms with Gasteiger partial charge in [-0.15, -0.1) is 0 Å². The highest BCUT2D eigenvalue weighted by atomic mass is 16.6. The van der Waals surface area contributed by atoms with Crippen molar-refractivity contribution in [2.24, 2.45) is 0 Å². The number of carbonyl (C=O) groups is 1. The number of hydrogen-bond acceptors (Lipinski definition) is 9. The van der Waals surface area contributed by atoms with Crippen LogP contribution in [0.1, 0.15) is 39.7 Å². The van der Waals surface area contributed by atoms with Crippen LogP contribution in [0.4, 0.5) is 5.82 Å². The highest BCUT2D eigenvalue weighted by molar-refractivity contribution is 6.03. The van der Waals surface area contributed by atoms with Crippen molar-refractivity contribution in [3.8, 4) is 17.2 Å². The second-order valence-corrected chi connectivity index (χ2v) is 11.4. The summed E-state index contributed by atoms with van der Waals surface area (Å²) in [6.07, 6.45) is -0.889. The highest BCUT2D eigenvalue weighted by Gasteiger charge is 2.42. The number of aliphatic hydroxyl groups is 1. The summed E-state index contributed by atoms with van der Waals surface area (Å²) in [6, 6.07) is 33.2. The topological polar surface area (TPSA) is 130 Å². The molecule has 4 aromatic carbocycles. The fourth-order valence-electron chi connectivity index (χ4n) is 5.95. The van der Waals surface area contributed by atoms with Gasteiger partial charge in [0, 0.05) is 18.2 Å². The lowest BCUT2D eigenvalue weighted by molar-refractivity contribution is -0.0944. The first-order chi connectivity index (χ1) is 23.8. The smallest absolute Gasteiger partial charge is 0.351 e. The quantitative estimate of drug-likeness (QED) is 0.174. The van der Waals surface area contributed by atoms with E-state index in [2.05, 4.69) is 10.3 Å². The molecular formula is C38H37N3O8. The lowest BCUT2D eigenvalue weighted by atomic mass is 9.80. The molecule has 0 unspecified atom stereocenters. The van der Waals surface area contributed by atoms with Crippen LogP contribution < -0.4 is 25.2 Å². The summed E-state index contributed by atoms with van der Waals surface area (Å²) in [6.45, 7) is -0.0111. The normalized spacial score (nSPS) is 17.3. The molecule has 2 heterocycles. The fraction of sp³-hybridized carbons (Fsp3) is 0.237. The van der Waals surface area contributed by atoms with Gasteiger partial charge in [-0.25, -0.2) is 4.79 Å². The minimum Gasteiger partial charge on any atom is -0.497 e. The number of hydrogen-bond donors (Lipinski definition) is 2. The van der Waals surface area contributed by atoms with Crippen LogP contribution in [-0.2, 0) is 15.1 Å². The first-order valence-corrected chi connectivity index (χ1v) is 15.7. The number of methoxy groups -OCH3 is 3. The van der Waals surface area contributed by atoms with Crippen LogP contribution in [0.15, 0.2) is 120 Å². The van der Waals surface area contributed by atoms with Gasteiger partial charge in [0.1, 0.15) is 41.0 Å². The van der Waals surface area contributed by atoms with Crippen LogP contribution in [0.25, 0.3) is 0 Å². The van der Waals surface area contributed by atoms with Crippen LogP contribution in [0.3, 0.4) is 0 Å². The van der Waals surface area contributed by atoms with E-state index < -0.39 is 35.6 Å². The van der Waals surface area contributed by atoms with E-state index in [-0.39, 0.29) is 18.8 Å². The summed E-state index contributed by atoms with van der Waals surface area (Å²) in [5, 5.41) is 13.8. The molecule has 0 saturated carbocycles. The first-order valence-electron chi connectivity index (χ1n) is 15.7. The van der Waals surface area contributed by atoms with Crippen LogP contribution in [0, 0.1) is 0 Å². The predicted molar refractivity (Wildman–Crippen MR) is 182 cm³/mol. The van der Waals surface area contributed by atoms with E-state index >= 15 is 0 Å². The van der Waals surface area contributed by atoms with Crippen molar-refractivity contribution >= 4 is 11.7 Å². The summed E-state index contributed by atoms with van der Waals surface area (Å²) in [5.41, 5.74) is 1.17. The van der Waals surface area contributed by atoms with Gasteiger partial charge >= 0.3 is 5.69 Å². The first kappa shape index (κ1) is 33.4. The van der Waals surface area contributed by atoms with Crippen molar-refractivity contribution in [2.75, 3.05) is 33.3 Å². The molecular weight excluding hydrogens is 626 g/mol. The summed E-state index contributed by atoms with van der Waals surface area (Å²) in [4.78, 5) is 29.8. The van der Waals surface area contributed by atoms with Crippen molar-refractivity contribution in [1.82, 2.24) is 9.55 Å². The third kappa shape index (κ3) is 7.05. The van der Waals surface area contributed by atoms with Gasteiger partial charge in [0.2, 0.25) is 0 Å². The molecule has 0 bridgehead atoms. The third-order valence-corrected chi connectivity index (χ3v) is 8.58. The largest absolute Gasteiger partial charge is 0.497 e. The van der Waals surface area contributed by atoms with Gasteiger partial charge in [-0.05, 0) is 71.3 Å². The number of benzene rings is 4. The van der Waals surface area contributed by atoms with E-state index in [1.54, 1.807) is 45.6 Å². The maximum Gasteiger partial charge on any atom is 0.351 e. The van der Waals surface area contributed by atoms with E-state index in [0.29, 0.717) is 22.8 Å². The number of carbonyl (C=O) groups excluding carboxylic acids is 1. The SMILES string of the molecule is COc1ccc(C(=O)Nc2ccn([C@H]3C[C@H](O)[C@@H](COC(c4ccccc4)(c4ccc(OC)cc4)c4ccc(OC)cc4)O3)c(=O)n2)cc1. The van der Waals surface area contributed by atoms with Crippen LogP contribution >= 0.6 is 0 Å². The minimum absolute atomic E-state index is 0.0111. The third-order valence-electron chi connectivity index (χ3n) is 8.58. The Morgan fingerprint density at radius 3 is 1.88 bits per heavy atom. The zero-order valence-electron chi connectivity index (χ0n) is 27.3. The summed E-state index contributed by atoms with van der Waals surface area (Å²) in [7, 11) is 4.77. The van der Waals surface area contributed by atoms with Crippen LogP contribution in [0.2, 0.25) is 0 Å². The Labute approximate surface area is 283 Å². The summed E-state index contributed by atoms with van der Waals surface area (Å²) >= 11 is 0. The molecule has 6 rings (SSSR count). The minimum atomic E-state index is -1.11. The predicted octanol–water partition coefficient (Wildman–Crippen LogP) is 5.18. The Kier molecular flexibility index (Phi) is 10.0. The van der Waals surface area contributed by atoms with Crippen molar-refractivity contribution in [3.63, 3.8) is 0 Å². The molecule has 0 spiro atoms. The average Bonchev–Trinajstić information content (AvgIpc) is 3.52. The second kappa shape index (κ2) is 14.7. The molecule has 1 fully saturated rings. The molecule has 1 saturated heterocycles. The maximum atomic E-state index is 13.1. The Balaban J connectivity index is 1.24. The number of aliphatic hydroxyl groups excluding tert-OH is 1. The fourth-order valence-corrected chi connectivity index (χ4v) is 5.95. The molecule has 252 valence electrons. The van der Waals surface area contributed by atoms with E-state index in [0.717, 1.165) is 16.7 Å². The molecule has 0 radical (unpaired) electrons. The maximum absolute atomic E-state index is 13.1. The Bertz CT molecular complexity index is 1870. The number of nitrogens with zero attached hydrogens (tertiary/aromatic N) is 2. The molecule has 5 aromatic rings. The summed E-state index contributed by atoms with van der Waals surface area (Å²) < 4.78 is 30.4. The molecule has 1 aliphatic rings. The van der Waals surface area contributed by atoms with Crippen LogP contribution in [0.5, 0.6) is 17.2 Å². The highest BCUT2D eigenvalue weighted by Crippen LogP contribution is 2.42. The molecule has 1 aliphatic heterocycles. The van der Waals surface area contributed by atoms with Gasteiger partial charge in [0.25, 0.3) is 5.91 Å². The van der Waals surface area contributed by atoms with Gasteiger partial charge < -0.3 is 34.1 Å². The Morgan fingerprint density at radius 1 is 0.816 bits per heavy atom.